The number of carbonyl (C=O) groups excluding carboxylic acids is 1. The number of halogens is 1. The van der Waals surface area contributed by atoms with Gasteiger partial charge in [-0.1, -0.05) is 11.6 Å². The van der Waals surface area contributed by atoms with Crippen molar-refractivity contribution in [2.24, 2.45) is 0 Å². The van der Waals surface area contributed by atoms with Gasteiger partial charge in [0.05, 0.1) is 25.6 Å². The highest BCUT2D eigenvalue weighted by molar-refractivity contribution is 7.17. The van der Waals surface area contributed by atoms with Crippen LogP contribution in [0.5, 0.6) is 11.5 Å². The van der Waals surface area contributed by atoms with E-state index in [-0.39, 0.29) is 5.91 Å². The lowest BCUT2D eigenvalue weighted by atomic mass is 10.2. The third kappa shape index (κ3) is 3.81. The number of anilines is 1. The molecule has 1 aromatic heterocycles. The molecule has 5 nitrogen and oxygen atoms in total. The van der Waals surface area contributed by atoms with Crippen LogP contribution in [0.3, 0.4) is 0 Å². The molecule has 134 valence electrons. The second kappa shape index (κ2) is 7.76. The molecule has 26 heavy (non-hydrogen) atoms. The Balaban J connectivity index is 1.86. The summed E-state index contributed by atoms with van der Waals surface area (Å²) in [5.74, 6) is 1.06. The molecule has 1 amide bonds. The summed E-state index contributed by atoms with van der Waals surface area (Å²) in [5.41, 5.74) is 2.11. The van der Waals surface area contributed by atoms with Crippen molar-refractivity contribution in [3.05, 3.63) is 58.1 Å². The first-order valence-corrected chi connectivity index (χ1v) is 8.98. The van der Waals surface area contributed by atoms with Crippen molar-refractivity contribution in [1.82, 2.24) is 4.98 Å². The number of aromatic nitrogens is 1. The topological polar surface area (TPSA) is 60.5 Å². The average molecular weight is 389 g/mol. The van der Waals surface area contributed by atoms with Gasteiger partial charge in [0, 0.05) is 10.6 Å². The SMILES string of the molecule is COc1ccc(-c2nc(C)c(C(=O)Nc3cc(Cl)ccc3OC)s2)cc1. The van der Waals surface area contributed by atoms with Gasteiger partial charge in [0.25, 0.3) is 5.91 Å². The zero-order valence-corrected chi connectivity index (χ0v) is 16.1. The van der Waals surface area contributed by atoms with Crippen molar-refractivity contribution in [1.29, 1.82) is 0 Å². The van der Waals surface area contributed by atoms with Crippen molar-refractivity contribution in [3.8, 4) is 22.1 Å². The van der Waals surface area contributed by atoms with Gasteiger partial charge in [0.2, 0.25) is 0 Å². The van der Waals surface area contributed by atoms with E-state index in [1.54, 1.807) is 32.4 Å². The van der Waals surface area contributed by atoms with Crippen LogP contribution >= 0.6 is 22.9 Å². The predicted octanol–water partition coefficient (Wildman–Crippen LogP) is 5.04. The van der Waals surface area contributed by atoms with Gasteiger partial charge >= 0.3 is 0 Å². The summed E-state index contributed by atoms with van der Waals surface area (Å²) in [4.78, 5) is 17.8. The lowest BCUT2D eigenvalue weighted by molar-refractivity contribution is 0.102. The number of ether oxygens (including phenoxy) is 2. The molecule has 0 aliphatic carbocycles. The van der Waals surface area contributed by atoms with Gasteiger partial charge in [-0.15, -0.1) is 11.3 Å². The number of benzene rings is 2. The molecule has 0 unspecified atom stereocenters. The van der Waals surface area contributed by atoms with Crippen LogP contribution in [0, 0.1) is 6.92 Å². The van der Waals surface area contributed by atoms with E-state index in [2.05, 4.69) is 10.3 Å². The van der Waals surface area contributed by atoms with Crippen molar-refractivity contribution in [3.63, 3.8) is 0 Å². The minimum absolute atomic E-state index is 0.250. The van der Waals surface area contributed by atoms with Crippen molar-refractivity contribution in [2.45, 2.75) is 6.92 Å². The van der Waals surface area contributed by atoms with Crippen LogP contribution < -0.4 is 14.8 Å². The summed E-state index contributed by atoms with van der Waals surface area (Å²) in [6.07, 6.45) is 0. The Hall–Kier alpha value is -2.57. The van der Waals surface area contributed by atoms with Crippen molar-refractivity contribution in [2.75, 3.05) is 19.5 Å². The Bertz CT molecular complexity index is 938. The molecular formula is C19H17ClN2O3S. The molecule has 2 aromatic carbocycles. The summed E-state index contributed by atoms with van der Waals surface area (Å²) in [6.45, 7) is 1.81. The summed E-state index contributed by atoms with van der Waals surface area (Å²) in [5, 5.41) is 4.13. The number of carbonyl (C=O) groups is 1. The van der Waals surface area contributed by atoms with Gasteiger partial charge in [-0.25, -0.2) is 4.98 Å². The second-order valence-electron chi connectivity index (χ2n) is 5.46. The van der Waals surface area contributed by atoms with Crippen LogP contribution in [0.1, 0.15) is 15.4 Å². The van der Waals surface area contributed by atoms with Crippen molar-refractivity contribution >= 4 is 34.5 Å². The molecule has 0 saturated heterocycles. The number of aryl methyl sites for hydroxylation is 1. The first kappa shape index (κ1) is 18.2. The van der Waals surface area contributed by atoms with Crippen molar-refractivity contribution < 1.29 is 14.3 Å². The van der Waals surface area contributed by atoms with Crippen LogP contribution in [0.4, 0.5) is 5.69 Å². The molecule has 0 radical (unpaired) electrons. The van der Waals surface area contributed by atoms with Crippen LogP contribution in [0.25, 0.3) is 10.6 Å². The molecule has 0 saturated carbocycles. The maximum atomic E-state index is 12.7. The van der Waals surface area contributed by atoms with E-state index in [9.17, 15) is 4.79 Å². The van der Waals surface area contributed by atoms with E-state index < -0.39 is 0 Å². The molecule has 0 spiro atoms. The third-order valence-corrected chi connectivity index (χ3v) is 5.19. The Kier molecular flexibility index (Phi) is 5.44. The summed E-state index contributed by atoms with van der Waals surface area (Å²) >= 11 is 7.35. The number of nitrogens with zero attached hydrogens (tertiary/aromatic N) is 1. The van der Waals surface area contributed by atoms with Crippen LogP contribution in [-0.2, 0) is 0 Å². The fourth-order valence-electron chi connectivity index (χ4n) is 2.42. The largest absolute Gasteiger partial charge is 0.497 e. The van der Waals surface area contributed by atoms with Gasteiger partial charge in [-0.3, -0.25) is 4.79 Å². The number of hydrogen-bond acceptors (Lipinski definition) is 5. The summed E-state index contributed by atoms with van der Waals surface area (Å²) in [6, 6.07) is 12.6. The van der Waals surface area contributed by atoms with Crippen LogP contribution in [0.2, 0.25) is 5.02 Å². The number of rotatable bonds is 5. The molecule has 3 aromatic rings. The molecule has 3 rings (SSSR count). The number of methoxy groups -OCH3 is 2. The molecule has 0 aliphatic heterocycles. The molecular weight excluding hydrogens is 372 g/mol. The predicted molar refractivity (Wildman–Crippen MR) is 105 cm³/mol. The Morgan fingerprint density at radius 2 is 1.85 bits per heavy atom. The minimum atomic E-state index is -0.250. The molecule has 7 heteroatoms. The normalized spacial score (nSPS) is 10.5. The standard InChI is InChI=1S/C19H17ClN2O3S/c1-11-17(18(23)22-15-10-13(20)6-9-16(15)25-3)26-19(21-11)12-4-7-14(24-2)8-5-12/h4-10H,1-3H3,(H,22,23). The third-order valence-electron chi connectivity index (χ3n) is 3.75. The fourth-order valence-corrected chi connectivity index (χ4v) is 3.56. The zero-order chi connectivity index (χ0) is 18.7. The van der Waals surface area contributed by atoms with E-state index in [0.717, 1.165) is 16.3 Å². The highest BCUT2D eigenvalue weighted by Gasteiger charge is 2.18. The molecule has 0 fully saturated rings. The van der Waals surface area contributed by atoms with Crippen LogP contribution in [0.15, 0.2) is 42.5 Å². The van der Waals surface area contributed by atoms with E-state index in [0.29, 0.717) is 27.0 Å². The molecule has 0 atom stereocenters. The first-order chi connectivity index (χ1) is 12.5. The highest BCUT2D eigenvalue weighted by Crippen LogP contribution is 2.32. The number of thiazole rings is 1. The molecule has 0 bridgehead atoms. The lowest BCUT2D eigenvalue weighted by Crippen LogP contribution is -2.12. The Morgan fingerprint density at radius 3 is 2.50 bits per heavy atom. The van der Waals surface area contributed by atoms with E-state index >= 15 is 0 Å². The quantitative estimate of drug-likeness (QED) is 0.665. The lowest BCUT2D eigenvalue weighted by Gasteiger charge is -2.09. The first-order valence-electron chi connectivity index (χ1n) is 7.78. The Morgan fingerprint density at radius 1 is 1.12 bits per heavy atom. The van der Waals surface area contributed by atoms with Gasteiger partial charge < -0.3 is 14.8 Å². The second-order valence-corrected chi connectivity index (χ2v) is 6.90. The fraction of sp³-hybridized carbons (Fsp3) is 0.158. The molecule has 0 aliphatic rings. The zero-order valence-electron chi connectivity index (χ0n) is 14.5. The summed E-state index contributed by atoms with van der Waals surface area (Å²) < 4.78 is 10.4. The van der Waals surface area contributed by atoms with Gasteiger partial charge in [-0.2, -0.15) is 0 Å². The maximum Gasteiger partial charge on any atom is 0.267 e. The number of hydrogen-bond donors (Lipinski definition) is 1. The highest BCUT2D eigenvalue weighted by atomic mass is 35.5. The number of amides is 1. The monoisotopic (exact) mass is 388 g/mol. The average Bonchev–Trinajstić information content (AvgIpc) is 3.04. The van der Waals surface area contributed by atoms with E-state index in [1.807, 2.05) is 31.2 Å². The Labute approximate surface area is 160 Å². The maximum absolute atomic E-state index is 12.7. The molecule has 1 N–H and O–H groups in total. The van der Waals surface area contributed by atoms with E-state index in [4.69, 9.17) is 21.1 Å². The van der Waals surface area contributed by atoms with Gasteiger partial charge in [-0.05, 0) is 49.4 Å². The number of nitrogens with one attached hydrogen (secondary N) is 1. The van der Waals surface area contributed by atoms with Gasteiger partial charge in [0.15, 0.2) is 0 Å². The molecule has 1 heterocycles. The minimum Gasteiger partial charge on any atom is -0.497 e. The van der Waals surface area contributed by atoms with Gasteiger partial charge in [0.1, 0.15) is 21.4 Å². The summed E-state index contributed by atoms with van der Waals surface area (Å²) in [7, 11) is 3.16. The van der Waals surface area contributed by atoms with Crippen LogP contribution in [-0.4, -0.2) is 25.1 Å². The van der Waals surface area contributed by atoms with E-state index in [1.165, 1.54) is 11.3 Å². The smallest absolute Gasteiger partial charge is 0.267 e.